The number of aryl methyl sites for hydroxylation is 2. The van der Waals surface area contributed by atoms with Gasteiger partial charge in [0.25, 0.3) is 0 Å². The van der Waals surface area contributed by atoms with Crippen LogP contribution in [0.15, 0.2) is 48.5 Å². The van der Waals surface area contributed by atoms with Crippen molar-refractivity contribution < 1.29 is 13.2 Å². The monoisotopic (exact) mass is 308 g/mol. The number of alkyl halides is 3. The van der Waals surface area contributed by atoms with Crippen molar-refractivity contribution in [2.24, 2.45) is 0 Å². The Kier molecular flexibility index (Phi) is 5.81. The van der Waals surface area contributed by atoms with Crippen molar-refractivity contribution in [3.63, 3.8) is 0 Å². The maximum Gasteiger partial charge on any atom is 0.402 e. The van der Waals surface area contributed by atoms with E-state index in [9.17, 15) is 13.2 Å². The van der Waals surface area contributed by atoms with E-state index in [4.69, 9.17) is 0 Å². The lowest BCUT2D eigenvalue weighted by atomic mass is 9.75. The van der Waals surface area contributed by atoms with Gasteiger partial charge in [0, 0.05) is 0 Å². The molecule has 0 fully saturated rings. The molecule has 3 heteroatoms. The van der Waals surface area contributed by atoms with Crippen LogP contribution in [-0.4, -0.2) is 6.18 Å². The van der Waals surface area contributed by atoms with Crippen LogP contribution in [0.25, 0.3) is 0 Å². The van der Waals surface area contributed by atoms with E-state index in [1.54, 1.807) is 48.5 Å². The maximum atomic E-state index is 13.7. The fourth-order valence-corrected chi connectivity index (χ4v) is 2.27. The molecule has 0 saturated carbocycles. The van der Waals surface area contributed by atoms with Gasteiger partial charge in [0.2, 0.25) is 0 Å². The highest BCUT2D eigenvalue weighted by Crippen LogP contribution is 2.46. The van der Waals surface area contributed by atoms with Crippen LogP contribution in [0.1, 0.15) is 43.0 Å². The van der Waals surface area contributed by atoms with E-state index in [2.05, 4.69) is 0 Å². The molecule has 0 amide bonds. The molecule has 0 aliphatic heterocycles. The Morgan fingerprint density at radius 3 is 1.14 bits per heavy atom. The number of benzene rings is 2. The lowest BCUT2D eigenvalue weighted by Gasteiger charge is -2.33. The van der Waals surface area contributed by atoms with E-state index < -0.39 is 11.6 Å². The van der Waals surface area contributed by atoms with Gasteiger partial charge in [-0.3, -0.25) is 0 Å². The zero-order valence-corrected chi connectivity index (χ0v) is 13.8. The fraction of sp³-hybridized carbons (Fsp3) is 0.368. The summed E-state index contributed by atoms with van der Waals surface area (Å²) in [6.45, 7) is 8.96. The molecule has 0 N–H and O–H groups in total. The third-order valence-electron chi connectivity index (χ3n) is 3.82. The molecule has 0 aliphatic rings. The highest BCUT2D eigenvalue weighted by Gasteiger charge is 2.53. The Morgan fingerprint density at radius 2 is 0.909 bits per heavy atom. The summed E-state index contributed by atoms with van der Waals surface area (Å²) in [6.07, 6.45) is -4.35. The minimum absolute atomic E-state index is 0.263. The highest BCUT2D eigenvalue weighted by molar-refractivity contribution is 5.42. The Bertz CT molecular complexity index is 532. The first-order valence-corrected chi connectivity index (χ1v) is 7.46. The summed E-state index contributed by atoms with van der Waals surface area (Å²) in [6, 6.07) is 13.1. The smallest absolute Gasteiger partial charge is 0.170 e. The lowest BCUT2D eigenvalue weighted by molar-refractivity contribution is -0.173. The van der Waals surface area contributed by atoms with Crippen LogP contribution >= 0.6 is 0 Å². The van der Waals surface area contributed by atoms with Gasteiger partial charge in [-0.15, -0.1) is 0 Å². The van der Waals surface area contributed by atoms with Crippen LogP contribution in [0.4, 0.5) is 13.2 Å². The summed E-state index contributed by atoms with van der Waals surface area (Å²) in [5.41, 5.74) is 0.428. The molecule has 0 nitrogen and oxygen atoms in total. The molecule has 0 bridgehead atoms. The van der Waals surface area contributed by atoms with E-state index in [0.29, 0.717) is 0 Å². The SMILES string of the molecule is CC.Cc1ccc(C(C)(c2ccc(C)cc2)C(F)(F)F)cc1. The molecular weight excluding hydrogens is 285 g/mol. The van der Waals surface area contributed by atoms with Gasteiger partial charge < -0.3 is 0 Å². The summed E-state index contributed by atoms with van der Waals surface area (Å²) in [4.78, 5) is 0. The average molecular weight is 308 g/mol. The van der Waals surface area contributed by atoms with Crippen LogP contribution in [0.3, 0.4) is 0 Å². The Balaban J connectivity index is 0.00000116. The Hall–Kier alpha value is -1.77. The van der Waals surface area contributed by atoms with E-state index in [1.165, 1.54) is 6.92 Å². The topological polar surface area (TPSA) is 0 Å². The van der Waals surface area contributed by atoms with E-state index in [0.717, 1.165) is 11.1 Å². The largest absolute Gasteiger partial charge is 0.402 e. The van der Waals surface area contributed by atoms with Crippen LogP contribution in [0, 0.1) is 13.8 Å². The molecule has 2 aromatic carbocycles. The number of halogens is 3. The second kappa shape index (κ2) is 6.99. The molecule has 0 radical (unpaired) electrons. The predicted molar refractivity (Wildman–Crippen MR) is 86.2 cm³/mol. The van der Waals surface area contributed by atoms with Crippen LogP contribution in [0.5, 0.6) is 0 Å². The van der Waals surface area contributed by atoms with Crippen molar-refractivity contribution in [3.05, 3.63) is 70.8 Å². The lowest BCUT2D eigenvalue weighted by Crippen LogP contribution is -2.40. The summed E-state index contributed by atoms with van der Waals surface area (Å²) in [5, 5.41) is 0. The van der Waals surface area contributed by atoms with Gasteiger partial charge in [-0.25, -0.2) is 0 Å². The molecule has 2 rings (SSSR count). The standard InChI is InChI=1S/C17H17F3.C2H6/c1-12-4-8-14(9-5-12)16(3,17(18,19)20)15-10-6-13(2)7-11-15;1-2/h4-11H,1-3H3;1-2H3. The minimum atomic E-state index is -4.35. The summed E-state index contributed by atoms with van der Waals surface area (Å²) in [5.74, 6) is 0. The minimum Gasteiger partial charge on any atom is -0.170 e. The van der Waals surface area contributed by atoms with Gasteiger partial charge in [0.15, 0.2) is 0 Å². The average Bonchev–Trinajstić information content (AvgIpc) is 2.49. The van der Waals surface area contributed by atoms with Crippen LogP contribution < -0.4 is 0 Å². The maximum absolute atomic E-state index is 13.7. The van der Waals surface area contributed by atoms with E-state index >= 15 is 0 Å². The Labute approximate surface area is 131 Å². The fourth-order valence-electron chi connectivity index (χ4n) is 2.27. The zero-order valence-electron chi connectivity index (χ0n) is 13.8. The van der Waals surface area contributed by atoms with Gasteiger partial charge in [0.05, 0.1) is 0 Å². The van der Waals surface area contributed by atoms with Gasteiger partial charge in [-0.2, -0.15) is 13.2 Å². The van der Waals surface area contributed by atoms with Gasteiger partial charge in [-0.1, -0.05) is 73.5 Å². The molecule has 2 aromatic rings. The molecule has 0 aliphatic carbocycles. The number of hydrogen-bond donors (Lipinski definition) is 0. The molecule has 0 atom stereocenters. The van der Waals surface area contributed by atoms with Gasteiger partial charge in [0.1, 0.15) is 5.41 Å². The summed E-state index contributed by atoms with van der Waals surface area (Å²) < 4.78 is 41.0. The summed E-state index contributed by atoms with van der Waals surface area (Å²) in [7, 11) is 0. The number of rotatable bonds is 2. The van der Waals surface area contributed by atoms with Crippen molar-refractivity contribution in [3.8, 4) is 0 Å². The first-order valence-electron chi connectivity index (χ1n) is 7.46. The molecule has 0 spiro atoms. The second-order valence-corrected chi connectivity index (χ2v) is 5.35. The van der Waals surface area contributed by atoms with Gasteiger partial charge in [-0.05, 0) is 31.9 Å². The third kappa shape index (κ3) is 3.52. The molecule has 22 heavy (non-hydrogen) atoms. The first-order chi connectivity index (χ1) is 10.2. The first kappa shape index (κ1) is 18.3. The Morgan fingerprint density at radius 1 is 0.636 bits per heavy atom. The summed E-state index contributed by atoms with van der Waals surface area (Å²) >= 11 is 0. The predicted octanol–water partition coefficient (Wildman–Crippen LogP) is 6.20. The molecule has 0 aromatic heterocycles. The van der Waals surface area contributed by atoms with E-state index in [1.807, 2.05) is 27.7 Å². The van der Waals surface area contributed by atoms with Crippen molar-refractivity contribution in [1.29, 1.82) is 0 Å². The van der Waals surface area contributed by atoms with Crippen molar-refractivity contribution in [1.82, 2.24) is 0 Å². The third-order valence-corrected chi connectivity index (χ3v) is 3.82. The quantitative estimate of drug-likeness (QED) is 0.620. The molecular formula is C19H23F3. The van der Waals surface area contributed by atoms with Crippen molar-refractivity contribution >= 4 is 0 Å². The van der Waals surface area contributed by atoms with Gasteiger partial charge >= 0.3 is 6.18 Å². The van der Waals surface area contributed by atoms with Crippen LogP contribution in [0.2, 0.25) is 0 Å². The second-order valence-electron chi connectivity index (χ2n) is 5.35. The van der Waals surface area contributed by atoms with Crippen LogP contribution in [-0.2, 0) is 5.41 Å². The molecule has 0 unspecified atom stereocenters. The zero-order chi connectivity index (χ0) is 17.0. The molecule has 0 heterocycles. The number of hydrogen-bond acceptors (Lipinski definition) is 0. The molecule has 0 saturated heterocycles. The van der Waals surface area contributed by atoms with Crippen molar-refractivity contribution in [2.75, 3.05) is 0 Å². The highest BCUT2D eigenvalue weighted by atomic mass is 19.4. The van der Waals surface area contributed by atoms with E-state index in [-0.39, 0.29) is 11.1 Å². The molecule has 120 valence electrons. The normalized spacial score (nSPS) is 11.6. The van der Waals surface area contributed by atoms with Crippen molar-refractivity contribution in [2.45, 2.75) is 46.2 Å².